The lowest BCUT2D eigenvalue weighted by molar-refractivity contribution is -0.522. The van der Waals surface area contributed by atoms with E-state index in [1.807, 2.05) is 13.8 Å². The molecule has 6 rings (SSSR count). The van der Waals surface area contributed by atoms with Crippen LogP contribution in [0.15, 0.2) is 23.8 Å². The van der Waals surface area contributed by atoms with E-state index in [-0.39, 0.29) is 23.3 Å². The molecule has 0 aromatic heterocycles. The van der Waals surface area contributed by atoms with Gasteiger partial charge in [-0.25, -0.2) is 4.79 Å². The van der Waals surface area contributed by atoms with Gasteiger partial charge in [0.15, 0.2) is 5.79 Å². The molecule has 1 aliphatic carbocycles. The Labute approximate surface area is 238 Å². The van der Waals surface area contributed by atoms with Crippen LogP contribution in [0, 0.1) is 23.2 Å². The van der Waals surface area contributed by atoms with Gasteiger partial charge in [-0.05, 0) is 82.6 Å². The molecule has 0 aromatic rings. The molecule has 40 heavy (non-hydrogen) atoms. The summed E-state index contributed by atoms with van der Waals surface area (Å²) in [6, 6.07) is 0. The van der Waals surface area contributed by atoms with E-state index < -0.39 is 28.9 Å². The number of ether oxygens (including phenoxy) is 5. The number of cyclic esters (lactones) is 1. The van der Waals surface area contributed by atoms with Crippen molar-refractivity contribution >= 4 is 11.9 Å². The highest BCUT2D eigenvalue weighted by atomic mass is 16.8. The number of carbonyl (C=O) groups is 2. The second-order valence-corrected chi connectivity index (χ2v) is 14.1. The van der Waals surface area contributed by atoms with Gasteiger partial charge in [0.05, 0.1) is 13.2 Å². The summed E-state index contributed by atoms with van der Waals surface area (Å²) in [4.78, 5) is 24.3. The summed E-state index contributed by atoms with van der Waals surface area (Å²) in [5, 5.41) is 11.2. The van der Waals surface area contributed by atoms with Crippen molar-refractivity contribution in [2.45, 2.75) is 128 Å². The molecule has 5 heterocycles. The molecule has 1 spiro atoms. The zero-order chi connectivity index (χ0) is 29.1. The van der Waals surface area contributed by atoms with Gasteiger partial charge >= 0.3 is 11.9 Å². The SMILES string of the molecule is C=C1CC[C@@H](CC[C@H]2CC[C@]3(OC2)O[C@@]2(O)CC[C@]3(C)OC2(C)C)C(C)(C)[C@H]1[C@H](C=C1CCOC1=O)OC(C)=O. The van der Waals surface area contributed by atoms with Crippen LogP contribution in [0.25, 0.3) is 0 Å². The Kier molecular flexibility index (Phi) is 7.59. The van der Waals surface area contributed by atoms with E-state index >= 15 is 0 Å². The maximum absolute atomic E-state index is 12.2. The molecular formula is C32H48O8. The van der Waals surface area contributed by atoms with Crippen LogP contribution in [0.3, 0.4) is 0 Å². The lowest BCUT2D eigenvalue weighted by Gasteiger charge is -2.66. The molecule has 5 aliphatic heterocycles. The Hall–Kier alpha value is -1.74. The number of carbonyl (C=O) groups excluding carboxylic acids is 2. The standard InChI is InChI=1S/C32H48O8/c1-20-8-10-24(28(3,4)26(20)25(38-21(2)33)18-23-13-17-36-27(23)34)11-9-22-12-14-32(37-19-22)30(7)15-16-31(35,40-32)29(5,6)39-30/h18,22,24-26,35H,1,8-17,19H2,2-7H3/t22-,24-,25-,26+,30-,31-,32-/m0/s1. The van der Waals surface area contributed by atoms with Gasteiger partial charge in [0.25, 0.3) is 0 Å². The Morgan fingerprint density at radius 3 is 2.45 bits per heavy atom. The lowest BCUT2D eigenvalue weighted by Crippen LogP contribution is -2.78. The van der Waals surface area contributed by atoms with Gasteiger partial charge in [0.2, 0.25) is 5.79 Å². The van der Waals surface area contributed by atoms with Crippen LogP contribution in [0.1, 0.15) is 99.3 Å². The number of hydrogen-bond donors (Lipinski definition) is 1. The maximum atomic E-state index is 12.2. The van der Waals surface area contributed by atoms with Gasteiger partial charge in [-0.15, -0.1) is 0 Å². The molecule has 5 saturated heterocycles. The molecular weight excluding hydrogens is 512 g/mol. The fourth-order valence-electron chi connectivity index (χ4n) is 8.22. The van der Waals surface area contributed by atoms with Gasteiger partial charge in [-0.2, -0.15) is 0 Å². The number of rotatable bonds is 6. The van der Waals surface area contributed by atoms with Crippen LogP contribution >= 0.6 is 0 Å². The fourth-order valence-corrected chi connectivity index (χ4v) is 8.22. The summed E-state index contributed by atoms with van der Waals surface area (Å²) < 4.78 is 30.2. The molecule has 224 valence electrons. The van der Waals surface area contributed by atoms with Crippen molar-refractivity contribution in [1.82, 2.24) is 0 Å². The summed E-state index contributed by atoms with van der Waals surface area (Å²) in [6.07, 6.45) is 8.62. The largest absolute Gasteiger partial charge is 0.462 e. The number of hydrogen-bond acceptors (Lipinski definition) is 8. The lowest BCUT2D eigenvalue weighted by atomic mass is 9.57. The van der Waals surface area contributed by atoms with Crippen molar-refractivity contribution in [2.24, 2.45) is 23.2 Å². The highest BCUT2D eigenvalue weighted by molar-refractivity contribution is 5.90. The first-order valence-electron chi connectivity index (χ1n) is 15.1. The van der Waals surface area contributed by atoms with Gasteiger partial charge in [0.1, 0.15) is 17.3 Å². The van der Waals surface area contributed by atoms with Crippen LogP contribution in [0.2, 0.25) is 0 Å². The van der Waals surface area contributed by atoms with Crippen molar-refractivity contribution in [2.75, 3.05) is 13.2 Å². The molecule has 7 atom stereocenters. The zero-order valence-electron chi connectivity index (χ0n) is 25.2. The highest BCUT2D eigenvalue weighted by Gasteiger charge is 2.71. The minimum absolute atomic E-state index is 0.0886. The first-order valence-corrected chi connectivity index (χ1v) is 15.1. The molecule has 0 aromatic carbocycles. The first-order chi connectivity index (χ1) is 18.6. The van der Waals surface area contributed by atoms with E-state index in [1.165, 1.54) is 6.92 Å². The summed E-state index contributed by atoms with van der Waals surface area (Å²) in [7, 11) is 0. The molecule has 6 aliphatic rings. The van der Waals surface area contributed by atoms with Gasteiger partial charge < -0.3 is 28.8 Å². The third kappa shape index (κ3) is 4.97. The summed E-state index contributed by atoms with van der Waals surface area (Å²) in [5.74, 6) is -2.25. The number of esters is 2. The number of aliphatic hydroxyl groups is 1. The second-order valence-electron chi connectivity index (χ2n) is 14.1. The average Bonchev–Trinajstić information content (AvgIpc) is 3.25. The van der Waals surface area contributed by atoms with Crippen molar-refractivity contribution in [3.05, 3.63) is 23.8 Å². The predicted molar refractivity (Wildman–Crippen MR) is 148 cm³/mol. The molecule has 6 fully saturated rings. The van der Waals surface area contributed by atoms with Crippen molar-refractivity contribution in [3.8, 4) is 0 Å². The van der Waals surface area contributed by atoms with Crippen molar-refractivity contribution in [3.63, 3.8) is 0 Å². The Bertz CT molecular complexity index is 1070. The summed E-state index contributed by atoms with van der Waals surface area (Å²) in [6.45, 7) is 17.1. The van der Waals surface area contributed by atoms with E-state index in [0.717, 1.165) is 37.7 Å². The van der Waals surface area contributed by atoms with Crippen LogP contribution < -0.4 is 0 Å². The Morgan fingerprint density at radius 1 is 1.10 bits per heavy atom. The molecule has 2 bridgehead atoms. The molecule has 8 heteroatoms. The summed E-state index contributed by atoms with van der Waals surface area (Å²) in [5.41, 5.74) is 0.0907. The van der Waals surface area contributed by atoms with Gasteiger partial charge in [0, 0.05) is 37.7 Å². The van der Waals surface area contributed by atoms with E-state index in [2.05, 4.69) is 27.4 Å². The molecule has 8 nitrogen and oxygen atoms in total. The van der Waals surface area contributed by atoms with Crippen LogP contribution in [0.4, 0.5) is 0 Å². The van der Waals surface area contributed by atoms with Crippen LogP contribution in [-0.2, 0) is 33.3 Å². The van der Waals surface area contributed by atoms with Gasteiger partial charge in [-0.3, -0.25) is 4.79 Å². The highest BCUT2D eigenvalue weighted by Crippen LogP contribution is 2.59. The Balaban J connectivity index is 1.24. The maximum Gasteiger partial charge on any atom is 0.333 e. The van der Waals surface area contributed by atoms with E-state index in [9.17, 15) is 14.7 Å². The van der Waals surface area contributed by atoms with Gasteiger partial charge in [-0.1, -0.05) is 26.0 Å². The van der Waals surface area contributed by atoms with E-state index in [4.69, 9.17) is 23.7 Å². The fraction of sp³-hybridized carbons (Fsp3) is 0.812. The first kappa shape index (κ1) is 29.7. The third-order valence-corrected chi connectivity index (χ3v) is 10.8. The van der Waals surface area contributed by atoms with Crippen LogP contribution in [0.5, 0.6) is 0 Å². The molecule has 0 unspecified atom stereocenters. The van der Waals surface area contributed by atoms with Crippen LogP contribution in [-0.4, -0.2) is 59.1 Å². The second kappa shape index (κ2) is 10.2. The molecule has 0 amide bonds. The minimum Gasteiger partial charge on any atom is -0.462 e. The zero-order valence-corrected chi connectivity index (χ0v) is 25.2. The monoisotopic (exact) mass is 560 g/mol. The minimum atomic E-state index is -1.34. The molecule has 1 N–H and O–H groups in total. The normalized spacial score (nSPS) is 42.2. The molecule has 0 radical (unpaired) electrons. The topological polar surface area (TPSA) is 101 Å². The van der Waals surface area contributed by atoms with E-state index in [1.54, 1.807) is 6.08 Å². The van der Waals surface area contributed by atoms with Crippen molar-refractivity contribution in [1.29, 1.82) is 0 Å². The summed E-state index contributed by atoms with van der Waals surface area (Å²) >= 11 is 0. The smallest absolute Gasteiger partial charge is 0.333 e. The third-order valence-electron chi connectivity index (χ3n) is 10.8. The Morgan fingerprint density at radius 2 is 1.85 bits per heavy atom. The predicted octanol–water partition coefficient (Wildman–Crippen LogP) is 5.37. The van der Waals surface area contributed by atoms with E-state index in [0.29, 0.717) is 56.3 Å². The number of fused-ring (bicyclic) bond motifs is 2. The average molecular weight is 561 g/mol. The van der Waals surface area contributed by atoms with Crippen molar-refractivity contribution < 1.29 is 38.4 Å². The molecule has 1 saturated carbocycles. The quantitative estimate of drug-likeness (QED) is 0.263.